The van der Waals surface area contributed by atoms with Gasteiger partial charge in [0.15, 0.2) is 6.20 Å². The van der Waals surface area contributed by atoms with Crippen LogP contribution >= 0.6 is 15.9 Å². The highest BCUT2D eigenvalue weighted by molar-refractivity contribution is 9.10. The van der Waals surface area contributed by atoms with E-state index in [1.165, 1.54) is 6.20 Å². The molecule has 1 N–H and O–H groups in total. The third kappa shape index (κ3) is 3.88. The van der Waals surface area contributed by atoms with Crippen molar-refractivity contribution in [1.29, 1.82) is 0 Å². The molecule has 0 aromatic carbocycles. The summed E-state index contributed by atoms with van der Waals surface area (Å²) in [5.74, 6) is 0.429. The van der Waals surface area contributed by atoms with Gasteiger partial charge in [0.05, 0.1) is 17.9 Å². The van der Waals surface area contributed by atoms with Crippen molar-refractivity contribution < 1.29 is 4.92 Å². The van der Waals surface area contributed by atoms with Gasteiger partial charge in [-0.25, -0.2) is 9.97 Å². The standard InChI is InChI=1S/C13H15BrN6O2/c1-8-4-10(18-13(17-8)19(2)3)7-15-9-5-11(14)12(16-6-9)20(21)22/h4-6,15H,7H2,1-3H3. The average Bonchev–Trinajstić information content (AvgIpc) is 2.44. The highest BCUT2D eigenvalue weighted by Crippen LogP contribution is 2.25. The second-order valence-electron chi connectivity index (χ2n) is 4.84. The van der Waals surface area contributed by atoms with E-state index in [0.717, 1.165) is 11.4 Å². The Morgan fingerprint density at radius 1 is 1.36 bits per heavy atom. The fourth-order valence-electron chi connectivity index (χ4n) is 1.76. The summed E-state index contributed by atoms with van der Waals surface area (Å²) >= 11 is 3.14. The summed E-state index contributed by atoms with van der Waals surface area (Å²) in [4.78, 5) is 24.6. The molecule has 2 aromatic rings. The Labute approximate surface area is 135 Å². The van der Waals surface area contributed by atoms with Crippen LogP contribution in [-0.4, -0.2) is 34.0 Å². The van der Waals surface area contributed by atoms with Gasteiger partial charge in [-0.05, 0) is 44.9 Å². The Morgan fingerprint density at radius 3 is 2.68 bits per heavy atom. The lowest BCUT2D eigenvalue weighted by molar-refractivity contribution is -0.390. The molecule has 0 aliphatic rings. The van der Waals surface area contributed by atoms with Crippen molar-refractivity contribution in [2.75, 3.05) is 24.3 Å². The third-order valence-corrected chi connectivity index (χ3v) is 3.35. The first-order chi connectivity index (χ1) is 10.4. The molecule has 0 saturated heterocycles. The number of aromatic nitrogens is 3. The van der Waals surface area contributed by atoms with Gasteiger partial charge in [-0.2, -0.15) is 0 Å². The van der Waals surface area contributed by atoms with Crippen molar-refractivity contribution in [1.82, 2.24) is 15.0 Å². The number of pyridine rings is 1. The molecule has 0 aliphatic carbocycles. The largest absolute Gasteiger partial charge is 0.377 e. The van der Waals surface area contributed by atoms with Crippen LogP contribution in [0.15, 0.2) is 22.8 Å². The van der Waals surface area contributed by atoms with Crippen molar-refractivity contribution >= 4 is 33.4 Å². The molecule has 9 heteroatoms. The van der Waals surface area contributed by atoms with Crippen LogP contribution in [0.25, 0.3) is 0 Å². The summed E-state index contributed by atoms with van der Waals surface area (Å²) in [7, 11) is 3.76. The van der Waals surface area contributed by atoms with E-state index < -0.39 is 4.92 Å². The number of anilines is 2. The molecule has 0 amide bonds. The zero-order valence-electron chi connectivity index (χ0n) is 12.4. The summed E-state index contributed by atoms with van der Waals surface area (Å²) in [6, 6.07) is 3.50. The molecule has 22 heavy (non-hydrogen) atoms. The topological polar surface area (TPSA) is 97.1 Å². The van der Waals surface area contributed by atoms with Gasteiger partial charge in [-0.15, -0.1) is 0 Å². The summed E-state index contributed by atoms with van der Waals surface area (Å²) < 4.78 is 0.329. The van der Waals surface area contributed by atoms with Gasteiger partial charge < -0.3 is 20.3 Å². The molecule has 2 aromatic heterocycles. The summed E-state index contributed by atoms with van der Waals surface area (Å²) in [5, 5.41) is 13.9. The zero-order valence-corrected chi connectivity index (χ0v) is 14.0. The van der Waals surface area contributed by atoms with Gasteiger partial charge in [0.25, 0.3) is 0 Å². The van der Waals surface area contributed by atoms with Crippen LogP contribution < -0.4 is 10.2 Å². The lowest BCUT2D eigenvalue weighted by Crippen LogP contribution is -2.15. The number of hydrogen-bond donors (Lipinski definition) is 1. The number of rotatable bonds is 5. The van der Waals surface area contributed by atoms with Gasteiger partial charge in [-0.1, -0.05) is 0 Å². The van der Waals surface area contributed by atoms with Crippen molar-refractivity contribution in [3.8, 4) is 0 Å². The predicted octanol–water partition coefficient (Wildman–Crippen LogP) is 2.53. The van der Waals surface area contributed by atoms with E-state index >= 15 is 0 Å². The minimum absolute atomic E-state index is 0.210. The van der Waals surface area contributed by atoms with E-state index in [4.69, 9.17) is 0 Å². The van der Waals surface area contributed by atoms with Crippen LogP contribution in [0, 0.1) is 17.0 Å². The van der Waals surface area contributed by atoms with Gasteiger partial charge >= 0.3 is 5.82 Å². The van der Waals surface area contributed by atoms with Crippen LogP contribution in [0.5, 0.6) is 0 Å². The van der Waals surface area contributed by atoms with E-state index in [-0.39, 0.29) is 5.82 Å². The molecule has 0 aliphatic heterocycles. The number of nitrogens with one attached hydrogen (secondary N) is 1. The first-order valence-corrected chi connectivity index (χ1v) is 7.22. The van der Waals surface area contributed by atoms with Crippen molar-refractivity contribution in [3.05, 3.63) is 44.3 Å². The van der Waals surface area contributed by atoms with E-state index in [1.54, 1.807) is 6.07 Å². The molecule has 116 valence electrons. The lowest BCUT2D eigenvalue weighted by atomic mass is 10.3. The Balaban J connectivity index is 2.13. The minimum Gasteiger partial charge on any atom is -0.376 e. The summed E-state index contributed by atoms with van der Waals surface area (Å²) in [6.45, 7) is 2.37. The highest BCUT2D eigenvalue weighted by atomic mass is 79.9. The average molecular weight is 367 g/mol. The lowest BCUT2D eigenvalue weighted by Gasteiger charge is -2.13. The van der Waals surface area contributed by atoms with E-state index in [1.807, 2.05) is 32.0 Å². The van der Waals surface area contributed by atoms with E-state index in [0.29, 0.717) is 22.7 Å². The Bertz CT molecular complexity index is 707. The molecular formula is C13H15BrN6O2. The highest BCUT2D eigenvalue weighted by Gasteiger charge is 2.14. The summed E-state index contributed by atoms with van der Waals surface area (Å²) in [6.07, 6.45) is 1.42. The molecule has 0 spiro atoms. The molecule has 0 saturated carbocycles. The Hall–Kier alpha value is -2.29. The molecule has 2 heterocycles. The summed E-state index contributed by atoms with van der Waals surface area (Å²) in [5.41, 5.74) is 2.37. The second kappa shape index (κ2) is 6.65. The molecule has 0 atom stereocenters. The molecule has 2 rings (SSSR count). The quantitative estimate of drug-likeness (QED) is 0.641. The van der Waals surface area contributed by atoms with Gasteiger partial charge in [0.1, 0.15) is 4.47 Å². The van der Waals surface area contributed by atoms with Crippen LogP contribution in [-0.2, 0) is 6.54 Å². The van der Waals surface area contributed by atoms with Crippen molar-refractivity contribution in [3.63, 3.8) is 0 Å². The first kappa shape index (κ1) is 16.1. The maximum Gasteiger partial charge on any atom is 0.377 e. The maximum atomic E-state index is 10.7. The molecular weight excluding hydrogens is 352 g/mol. The fraction of sp³-hybridized carbons (Fsp3) is 0.308. The van der Waals surface area contributed by atoms with Gasteiger partial charge in [-0.3, -0.25) is 0 Å². The third-order valence-electron chi connectivity index (χ3n) is 2.76. The molecule has 8 nitrogen and oxygen atoms in total. The van der Waals surface area contributed by atoms with Crippen LogP contribution in [0.4, 0.5) is 17.5 Å². The SMILES string of the molecule is Cc1cc(CNc2cnc([N+](=O)[O-])c(Br)c2)nc(N(C)C)n1. The van der Waals surface area contributed by atoms with Gasteiger partial charge in [0, 0.05) is 19.8 Å². The van der Waals surface area contributed by atoms with Crippen LogP contribution in [0.3, 0.4) is 0 Å². The maximum absolute atomic E-state index is 10.7. The number of nitro groups is 1. The molecule has 0 bridgehead atoms. The Morgan fingerprint density at radius 2 is 2.09 bits per heavy atom. The number of hydrogen-bond acceptors (Lipinski definition) is 7. The van der Waals surface area contributed by atoms with Crippen molar-refractivity contribution in [2.24, 2.45) is 0 Å². The number of aryl methyl sites for hydroxylation is 1. The van der Waals surface area contributed by atoms with Crippen LogP contribution in [0.1, 0.15) is 11.4 Å². The van der Waals surface area contributed by atoms with E-state index in [2.05, 4.69) is 36.2 Å². The first-order valence-electron chi connectivity index (χ1n) is 6.42. The van der Waals surface area contributed by atoms with Crippen molar-refractivity contribution in [2.45, 2.75) is 13.5 Å². The van der Waals surface area contributed by atoms with Crippen LogP contribution in [0.2, 0.25) is 0 Å². The second-order valence-corrected chi connectivity index (χ2v) is 5.69. The fourth-order valence-corrected chi connectivity index (χ4v) is 2.26. The molecule has 0 fully saturated rings. The van der Waals surface area contributed by atoms with Gasteiger partial charge in [0.2, 0.25) is 5.95 Å². The zero-order chi connectivity index (χ0) is 16.3. The predicted molar refractivity (Wildman–Crippen MR) is 87.0 cm³/mol. The minimum atomic E-state index is -0.537. The monoisotopic (exact) mass is 366 g/mol. The Kier molecular flexibility index (Phi) is 4.86. The smallest absolute Gasteiger partial charge is 0.376 e. The molecule has 0 unspecified atom stereocenters. The number of nitrogens with zero attached hydrogens (tertiary/aromatic N) is 5. The van der Waals surface area contributed by atoms with E-state index in [9.17, 15) is 10.1 Å². The molecule has 0 radical (unpaired) electrons. The normalized spacial score (nSPS) is 10.4. The number of halogens is 1.